The molecule has 3 N–H and O–H groups in total. The summed E-state index contributed by atoms with van der Waals surface area (Å²) in [5, 5.41) is 11.5. The summed E-state index contributed by atoms with van der Waals surface area (Å²) in [5.41, 5.74) is 5.25. The van der Waals surface area contributed by atoms with Crippen LogP contribution in [0.4, 0.5) is 0 Å². The third-order valence-electron chi connectivity index (χ3n) is 4.86. The van der Waals surface area contributed by atoms with Crippen LogP contribution in [0, 0.1) is 5.92 Å². The van der Waals surface area contributed by atoms with Gasteiger partial charge in [0, 0.05) is 19.5 Å². The van der Waals surface area contributed by atoms with E-state index in [1.165, 1.54) is 6.42 Å². The molecule has 0 spiro atoms. The number of aromatic nitrogens is 3. The number of rotatable bonds is 5. The van der Waals surface area contributed by atoms with Crippen molar-refractivity contribution in [3.63, 3.8) is 0 Å². The van der Waals surface area contributed by atoms with Gasteiger partial charge in [-0.1, -0.05) is 6.42 Å². The highest BCUT2D eigenvalue weighted by molar-refractivity contribution is 5.79. The van der Waals surface area contributed by atoms with Gasteiger partial charge in [-0.05, 0) is 32.2 Å². The van der Waals surface area contributed by atoms with Gasteiger partial charge in [-0.15, -0.1) is 10.2 Å². The van der Waals surface area contributed by atoms with Crippen molar-refractivity contribution in [1.82, 2.24) is 25.0 Å². The molecule has 2 aliphatic rings. The molecule has 8 heteroatoms. The van der Waals surface area contributed by atoms with Crippen molar-refractivity contribution in [1.29, 1.82) is 0 Å². The fourth-order valence-electron chi connectivity index (χ4n) is 3.62. The average Bonchev–Trinajstić information content (AvgIpc) is 2.79. The second kappa shape index (κ2) is 7.74. The van der Waals surface area contributed by atoms with E-state index in [2.05, 4.69) is 20.1 Å². The summed E-state index contributed by atoms with van der Waals surface area (Å²) in [6.07, 6.45) is 6.22. The molecule has 0 saturated carbocycles. The lowest BCUT2D eigenvalue weighted by atomic mass is 9.97. The van der Waals surface area contributed by atoms with Crippen LogP contribution in [0.1, 0.15) is 43.8 Å². The third kappa shape index (κ3) is 4.11. The molecule has 2 amide bonds. The molecule has 1 aromatic rings. The van der Waals surface area contributed by atoms with Gasteiger partial charge in [0.05, 0.1) is 19.0 Å². The molecule has 0 unspecified atom stereocenters. The minimum Gasteiger partial charge on any atom is -0.369 e. The first kappa shape index (κ1) is 16.9. The molecule has 0 radical (unpaired) electrons. The summed E-state index contributed by atoms with van der Waals surface area (Å²) >= 11 is 0. The number of hydrogen-bond acceptors (Lipinski definition) is 5. The number of fused-ring (bicyclic) bond motifs is 1. The Morgan fingerprint density at radius 1 is 1.17 bits per heavy atom. The fraction of sp³-hybridized carbons (Fsp3) is 0.750. The average molecular weight is 334 g/mol. The van der Waals surface area contributed by atoms with Crippen molar-refractivity contribution in [2.45, 2.75) is 51.6 Å². The zero-order valence-electron chi connectivity index (χ0n) is 14.0. The highest BCUT2D eigenvalue weighted by Gasteiger charge is 2.26. The number of carbonyl (C=O) groups excluding carboxylic acids is 2. The lowest BCUT2D eigenvalue weighted by molar-refractivity contribution is -0.128. The molecular formula is C16H26N6O2. The van der Waals surface area contributed by atoms with Gasteiger partial charge in [0.25, 0.3) is 0 Å². The quantitative estimate of drug-likeness (QED) is 0.777. The van der Waals surface area contributed by atoms with Crippen LogP contribution in [0.15, 0.2) is 0 Å². The molecule has 2 aliphatic heterocycles. The highest BCUT2D eigenvalue weighted by atomic mass is 16.2. The van der Waals surface area contributed by atoms with Crippen LogP contribution >= 0.6 is 0 Å². The Kier molecular flexibility index (Phi) is 5.44. The molecule has 24 heavy (non-hydrogen) atoms. The molecule has 1 aromatic heterocycles. The van der Waals surface area contributed by atoms with Crippen LogP contribution in [0.25, 0.3) is 0 Å². The minimum atomic E-state index is -0.345. The molecule has 0 aromatic carbocycles. The number of primary amides is 1. The van der Waals surface area contributed by atoms with Crippen molar-refractivity contribution in [3.8, 4) is 0 Å². The summed E-state index contributed by atoms with van der Waals surface area (Å²) in [4.78, 5) is 25.5. The number of nitrogens with one attached hydrogen (secondary N) is 1. The van der Waals surface area contributed by atoms with E-state index in [0.29, 0.717) is 13.1 Å². The minimum absolute atomic E-state index is 0.0233. The molecule has 3 rings (SSSR count). The number of piperidine rings is 1. The maximum Gasteiger partial charge on any atom is 0.231 e. The topological polar surface area (TPSA) is 106 Å². The number of nitrogens with two attached hydrogens (primary N) is 1. The van der Waals surface area contributed by atoms with E-state index in [9.17, 15) is 9.59 Å². The summed E-state index contributed by atoms with van der Waals surface area (Å²) < 4.78 is 2.15. The van der Waals surface area contributed by atoms with Crippen molar-refractivity contribution in [2.24, 2.45) is 11.7 Å². The Morgan fingerprint density at radius 3 is 2.88 bits per heavy atom. The Bertz CT molecular complexity index is 599. The molecule has 3 heterocycles. The maximum atomic E-state index is 12.4. The van der Waals surface area contributed by atoms with E-state index in [1.54, 1.807) is 0 Å². The molecule has 8 nitrogen and oxygen atoms in total. The Labute approximate surface area is 141 Å². The number of amides is 2. The lowest BCUT2D eigenvalue weighted by Crippen LogP contribution is -2.45. The fourth-order valence-corrected chi connectivity index (χ4v) is 3.62. The van der Waals surface area contributed by atoms with Crippen LogP contribution in [0.3, 0.4) is 0 Å². The zero-order chi connectivity index (χ0) is 16.9. The van der Waals surface area contributed by atoms with Crippen molar-refractivity contribution in [2.75, 3.05) is 19.6 Å². The summed E-state index contributed by atoms with van der Waals surface area (Å²) in [6, 6.07) is 0. The second-order valence-electron chi connectivity index (χ2n) is 6.75. The van der Waals surface area contributed by atoms with Crippen LogP contribution in [-0.4, -0.2) is 51.1 Å². The van der Waals surface area contributed by atoms with Crippen LogP contribution < -0.4 is 11.1 Å². The molecule has 0 aliphatic carbocycles. The lowest BCUT2D eigenvalue weighted by Gasteiger charge is -2.30. The van der Waals surface area contributed by atoms with Gasteiger partial charge in [0.1, 0.15) is 5.82 Å². The van der Waals surface area contributed by atoms with Gasteiger partial charge in [0.15, 0.2) is 5.82 Å². The van der Waals surface area contributed by atoms with E-state index in [-0.39, 0.29) is 24.3 Å². The number of carbonyl (C=O) groups is 2. The second-order valence-corrected chi connectivity index (χ2v) is 6.75. The molecular weight excluding hydrogens is 308 g/mol. The SMILES string of the molecule is NC(=O)CN1CCC[C@H](C(=O)NCc2nnc3n2CCCCC3)C1. The first-order chi connectivity index (χ1) is 11.6. The highest BCUT2D eigenvalue weighted by Crippen LogP contribution is 2.17. The Balaban J connectivity index is 1.54. The van der Waals surface area contributed by atoms with Gasteiger partial charge in [0.2, 0.25) is 11.8 Å². The predicted octanol–water partition coefficient (Wildman–Crippen LogP) is -0.182. The van der Waals surface area contributed by atoms with Crippen molar-refractivity contribution in [3.05, 3.63) is 11.6 Å². The maximum absolute atomic E-state index is 12.4. The zero-order valence-corrected chi connectivity index (χ0v) is 14.0. The predicted molar refractivity (Wildman–Crippen MR) is 87.8 cm³/mol. The van der Waals surface area contributed by atoms with Crippen LogP contribution in [0.5, 0.6) is 0 Å². The van der Waals surface area contributed by atoms with Gasteiger partial charge in [-0.3, -0.25) is 14.5 Å². The molecule has 1 atom stereocenters. The first-order valence-electron chi connectivity index (χ1n) is 8.83. The Morgan fingerprint density at radius 2 is 2.04 bits per heavy atom. The third-order valence-corrected chi connectivity index (χ3v) is 4.86. The van der Waals surface area contributed by atoms with E-state index in [4.69, 9.17) is 5.73 Å². The summed E-state index contributed by atoms with van der Waals surface area (Å²) in [7, 11) is 0. The molecule has 132 valence electrons. The van der Waals surface area contributed by atoms with Crippen molar-refractivity contribution < 1.29 is 9.59 Å². The summed E-state index contributed by atoms with van der Waals surface area (Å²) in [5.74, 6) is 1.45. The van der Waals surface area contributed by atoms with Gasteiger partial charge in [-0.25, -0.2) is 0 Å². The normalized spacial score (nSPS) is 21.8. The monoisotopic (exact) mass is 334 g/mol. The smallest absolute Gasteiger partial charge is 0.231 e. The van der Waals surface area contributed by atoms with E-state index < -0.39 is 0 Å². The number of aryl methyl sites for hydroxylation is 1. The van der Waals surface area contributed by atoms with E-state index in [1.807, 2.05) is 4.90 Å². The number of nitrogens with zero attached hydrogens (tertiary/aromatic N) is 4. The molecule has 1 fully saturated rings. The van der Waals surface area contributed by atoms with Gasteiger partial charge in [-0.2, -0.15) is 0 Å². The first-order valence-corrected chi connectivity index (χ1v) is 8.83. The number of hydrogen-bond donors (Lipinski definition) is 2. The Hall–Kier alpha value is -1.96. The van der Waals surface area contributed by atoms with Gasteiger partial charge >= 0.3 is 0 Å². The van der Waals surface area contributed by atoms with E-state index >= 15 is 0 Å². The number of likely N-dealkylation sites (tertiary alicyclic amines) is 1. The van der Waals surface area contributed by atoms with Gasteiger partial charge < -0.3 is 15.6 Å². The largest absolute Gasteiger partial charge is 0.369 e. The van der Waals surface area contributed by atoms with Crippen LogP contribution in [0.2, 0.25) is 0 Å². The molecule has 0 bridgehead atoms. The summed E-state index contributed by atoms with van der Waals surface area (Å²) in [6.45, 7) is 2.99. The van der Waals surface area contributed by atoms with Crippen LogP contribution in [-0.2, 0) is 29.1 Å². The van der Waals surface area contributed by atoms with E-state index in [0.717, 1.165) is 56.8 Å². The van der Waals surface area contributed by atoms with Crippen molar-refractivity contribution >= 4 is 11.8 Å². The molecule has 1 saturated heterocycles. The standard InChI is InChI=1S/C16H26N6O2/c17-13(23)11-21-7-4-5-12(10-21)16(24)18-9-15-20-19-14-6-2-1-3-8-22(14)15/h12H,1-11H2,(H2,17,23)(H,18,24)/t12-/m0/s1.